The Labute approximate surface area is 348 Å². The molecular formula is C41H54ClF2N5O9S. The molecule has 8 atom stereocenters. The highest BCUT2D eigenvalue weighted by atomic mass is 35.5. The quantitative estimate of drug-likeness (QED) is 0.173. The fourth-order valence-electron chi connectivity index (χ4n) is 8.46. The number of amides is 4. The molecule has 0 radical (unpaired) electrons. The first-order valence-corrected chi connectivity index (χ1v) is 22.2. The van der Waals surface area contributed by atoms with Gasteiger partial charge in [0, 0.05) is 40.2 Å². The summed E-state index contributed by atoms with van der Waals surface area (Å²) in [5, 5.41) is 13.3. The fraction of sp³-hybridized carbons (Fsp3) is 0.634. The summed E-state index contributed by atoms with van der Waals surface area (Å²) >= 11 is 6.54. The van der Waals surface area contributed by atoms with Gasteiger partial charge in [-0.15, -0.1) is 0 Å². The van der Waals surface area contributed by atoms with Crippen LogP contribution in [0.4, 0.5) is 13.6 Å². The van der Waals surface area contributed by atoms with Crippen LogP contribution < -0.4 is 19.5 Å². The Morgan fingerprint density at radius 3 is 2.46 bits per heavy atom. The van der Waals surface area contributed by atoms with Gasteiger partial charge >= 0.3 is 12.1 Å². The molecule has 1 aromatic heterocycles. The number of ether oxygens (including phenoxy) is 2. The third-order valence-corrected chi connectivity index (χ3v) is 14.3. The van der Waals surface area contributed by atoms with E-state index in [2.05, 4.69) is 15.0 Å². The molecule has 0 bridgehead atoms. The van der Waals surface area contributed by atoms with Gasteiger partial charge in [-0.05, 0) is 96.6 Å². The van der Waals surface area contributed by atoms with E-state index >= 15 is 13.6 Å². The van der Waals surface area contributed by atoms with E-state index in [9.17, 15) is 27.9 Å². The van der Waals surface area contributed by atoms with Gasteiger partial charge in [0.25, 0.3) is 11.8 Å². The van der Waals surface area contributed by atoms with Crippen LogP contribution in [-0.4, -0.2) is 98.8 Å². The number of aromatic nitrogens is 1. The predicted molar refractivity (Wildman–Crippen MR) is 216 cm³/mol. The van der Waals surface area contributed by atoms with Gasteiger partial charge in [0.1, 0.15) is 17.6 Å². The number of carbonyl (C=O) groups is 4. The Kier molecular flexibility index (Phi) is 12.3. The van der Waals surface area contributed by atoms with Gasteiger partial charge in [0.2, 0.25) is 27.7 Å². The van der Waals surface area contributed by atoms with E-state index in [1.165, 1.54) is 6.07 Å². The van der Waals surface area contributed by atoms with Crippen LogP contribution in [-0.2, 0) is 24.4 Å². The second-order valence-corrected chi connectivity index (χ2v) is 19.6. The number of benzene rings is 1. The van der Waals surface area contributed by atoms with Crippen molar-refractivity contribution < 1.29 is 51.0 Å². The van der Waals surface area contributed by atoms with Crippen LogP contribution in [0.2, 0.25) is 5.02 Å². The van der Waals surface area contributed by atoms with E-state index in [4.69, 9.17) is 21.1 Å². The van der Waals surface area contributed by atoms with Crippen molar-refractivity contribution in [2.45, 2.75) is 146 Å². The highest BCUT2D eigenvalue weighted by Gasteiger charge is 2.71. The number of nitrogens with zero attached hydrogens (tertiary/aromatic N) is 3. The van der Waals surface area contributed by atoms with Gasteiger partial charge in [-0.2, -0.15) is 13.8 Å². The number of carbonyl (C=O) groups excluding carboxylic acids is 3. The van der Waals surface area contributed by atoms with E-state index in [-0.39, 0.29) is 58.4 Å². The topological polar surface area (TPSA) is 185 Å². The molecule has 1 unspecified atom stereocenters. The van der Waals surface area contributed by atoms with Crippen molar-refractivity contribution in [3.8, 4) is 11.8 Å². The lowest BCUT2D eigenvalue weighted by atomic mass is 9.86. The predicted octanol–water partition coefficient (Wildman–Crippen LogP) is 6.65. The third-order valence-electron chi connectivity index (χ3n) is 12.1. The monoisotopic (exact) mass is 865 g/mol. The first-order chi connectivity index (χ1) is 27.6. The Balaban J connectivity index is 1.50. The molecule has 1 saturated heterocycles. The Morgan fingerprint density at radius 2 is 1.83 bits per heavy atom. The molecular weight excluding hydrogens is 812 g/mol. The van der Waals surface area contributed by atoms with Crippen molar-refractivity contribution in [3.05, 3.63) is 41.4 Å². The average molecular weight is 866 g/mol. The second kappa shape index (κ2) is 16.3. The summed E-state index contributed by atoms with van der Waals surface area (Å²) in [6.07, 6.45) is 3.15. The number of hydrogen-bond acceptors (Lipinski definition) is 9. The van der Waals surface area contributed by atoms with E-state index in [0.717, 1.165) is 11.8 Å². The number of halogens is 3. The lowest BCUT2D eigenvalue weighted by Gasteiger charge is -2.42. The molecule has 3 fully saturated rings. The molecule has 3 heterocycles. The number of allylic oxidation sites excluding steroid dienone is 1. The molecule has 2 aromatic rings. The summed E-state index contributed by atoms with van der Waals surface area (Å²) in [6, 6.07) is -2.53. The molecule has 0 spiro atoms. The molecule has 2 saturated carbocycles. The fourth-order valence-corrected chi connectivity index (χ4v) is 10.1. The highest BCUT2D eigenvalue weighted by Crippen LogP contribution is 2.51. The molecule has 324 valence electrons. The van der Waals surface area contributed by atoms with Gasteiger partial charge in [-0.1, -0.05) is 50.6 Å². The van der Waals surface area contributed by atoms with Gasteiger partial charge in [-0.3, -0.25) is 28.9 Å². The molecule has 18 heteroatoms. The zero-order valence-electron chi connectivity index (χ0n) is 34.3. The van der Waals surface area contributed by atoms with Crippen LogP contribution in [0, 0.1) is 17.8 Å². The lowest BCUT2D eigenvalue weighted by Crippen LogP contribution is -2.64. The number of sulfonamides is 1. The van der Waals surface area contributed by atoms with Crippen molar-refractivity contribution in [2.24, 2.45) is 17.8 Å². The number of pyridine rings is 1. The van der Waals surface area contributed by atoms with E-state index in [0.29, 0.717) is 31.1 Å². The summed E-state index contributed by atoms with van der Waals surface area (Å²) in [5.41, 5.74) is -4.54. The number of alkyl halides is 2. The summed E-state index contributed by atoms with van der Waals surface area (Å²) < 4.78 is 75.5. The molecule has 2 aliphatic heterocycles. The molecule has 59 heavy (non-hydrogen) atoms. The number of rotatable bonds is 10. The Hall–Kier alpha value is -4.25. The standard InChI is InChI=1S/C41H54ClF2N5O9S/c1-8-25(6)48(38(53)54)33-24(5)18-23(4)12-9-10-13-26-20-40(26,37(52)47-59(55,56)27-16-17-27)46-34(50)31-21-39(7,41(43,44)49(31)36(33)51)58-35-28-14-11-15-30(42)29(28)19-32(45-35)57-22(2)3/h10-11,13-15,19,22-27,31,33H,8-9,12,16-18,20-21H2,1-7H3,(H,46,50)(H,47,52)(H,53,54)/b13-10-/t23-,24+,25?,26+,31-,33-,39+,40+/m0/s1. The SMILES string of the molecule is CCC(C)N(C(=O)O)[C@@H]1C(=O)N2[C@@H](C[C@@](C)(Oc3nc(OC(C)C)cc4c(Cl)cccc34)C2(F)F)C(=O)N[C@]2(C(=O)NS(=O)(=O)C3CC3)C[C@H]2/C=C\CC[C@H](C)C[C@H]1C. The summed E-state index contributed by atoms with van der Waals surface area (Å²) in [7, 11) is -4.08. The van der Waals surface area contributed by atoms with Crippen LogP contribution in [0.15, 0.2) is 36.4 Å². The minimum absolute atomic E-state index is 0.0137. The van der Waals surface area contributed by atoms with Crippen molar-refractivity contribution in [1.82, 2.24) is 24.8 Å². The highest BCUT2D eigenvalue weighted by molar-refractivity contribution is 7.91. The average Bonchev–Trinajstić information content (AvgIpc) is 4.07. The van der Waals surface area contributed by atoms with Crippen LogP contribution in [0.5, 0.6) is 11.8 Å². The maximum atomic E-state index is 17.8. The molecule has 3 N–H and O–H groups in total. The van der Waals surface area contributed by atoms with E-state index < -0.39 is 92.7 Å². The first kappa shape index (κ1) is 44.3. The van der Waals surface area contributed by atoms with Crippen LogP contribution in [0.3, 0.4) is 0 Å². The third kappa shape index (κ3) is 8.55. The van der Waals surface area contributed by atoms with Crippen molar-refractivity contribution >= 4 is 56.2 Å². The zero-order chi connectivity index (χ0) is 43.4. The van der Waals surface area contributed by atoms with Gasteiger partial charge in [0.05, 0.1) is 11.4 Å². The molecule has 6 rings (SSSR count). The van der Waals surface area contributed by atoms with Gasteiger partial charge in [-0.25, -0.2) is 13.2 Å². The summed E-state index contributed by atoms with van der Waals surface area (Å²) in [4.78, 5) is 62.1. The summed E-state index contributed by atoms with van der Waals surface area (Å²) in [5.74, 6) is -5.39. The lowest BCUT2D eigenvalue weighted by molar-refractivity contribution is -0.219. The normalized spacial score (nSPS) is 30.9. The molecule has 2 aliphatic carbocycles. The van der Waals surface area contributed by atoms with Gasteiger partial charge < -0.3 is 19.9 Å². The first-order valence-electron chi connectivity index (χ1n) is 20.3. The van der Waals surface area contributed by atoms with E-state index in [1.807, 2.05) is 13.0 Å². The van der Waals surface area contributed by atoms with Crippen molar-refractivity contribution in [2.75, 3.05) is 0 Å². The van der Waals surface area contributed by atoms with Crippen LogP contribution in [0.1, 0.15) is 99.8 Å². The molecule has 4 amide bonds. The maximum Gasteiger partial charge on any atom is 0.408 e. The molecule has 4 aliphatic rings. The summed E-state index contributed by atoms with van der Waals surface area (Å²) in [6.45, 7) is 11.4. The van der Waals surface area contributed by atoms with Crippen LogP contribution >= 0.6 is 11.6 Å². The van der Waals surface area contributed by atoms with Crippen LogP contribution in [0.25, 0.3) is 10.8 Å². The maximum absolute atomic E-state index is 17.8. The number of fused-ring (bicyclic) bond motifs is 3. The zero-order valence-corrected chi connectivity index (χ0v) is 35.9. The number of carboxylic acid groups (broad SMARTS) is 1. The minimum Gasteiger partial charge on any atom is -0.475 e. The van der Waals surface area contributed by atoms with Crippen molar-refractivity contribution in [3.63, 3.8) is 0 Å². The molecule has 14 nitrogen and oxygen atoms in total. The number of hydrogen-bond donors (Lipinski definition) is 3. The Bertz CT molecular complexity index is 2140. The minimum atomic E-state index is -4.32. The van der Waals surface area contributed by atoms with Gasteiger partial charge in [0.15, 0.2) is 5.60 Å². The smallest absolute Gasteiger partial charge is 0.408 e. The van der Waals surface area contributed by atoms with E-state index in [1.54, 1.807) is 58.9 Å². The van der Waals surface area contributed by atoms with Crippen molar-refractivity contribution in [1.29, 1.82) is 0 Å². The number of nitrogens with one attached hydrogen (secondary N) is 2. The molecule has 1 aromatic carbocycles. The largest absolute Gasteiger partial charge is 0.475 e. The Morgan fingerprint density at radius 1 is 1.14 bits per heavy atom. The second-order valence-electron chi connectivity index (χ2n) is 17.2.